The highest BCUT2D eigenvalue weighted by atomic mass is 32.2. The Morgan fingerprint density at radius 2 is 1.88 bits per heavy atom. The molecule has 1 aliphatic carbocycles. The number of anilines is 1. The number of ether oxygens (including phenoxy) is 1. The van der Waals surface area contributed by atoms with E-state index in [1.807, 2.05) is 12.2 Å². The normalized spacial score (nSPS) is 17.3. The van der Waals surface area contributed by atoms with Crippen molar-refractivity contribution in [3.05, 3.63) is 42.0 Å². The van der Waals surface area contributed by atoms with Crippen molar-refractivity contribution in [2.75, 3.05) is 24.2 Å². The molecule has 7 heteroatoms. The predicted octanol–water partition coefficient (Wildman–Crippen LogP) is 2.16. The molecule has 0 amide bonds. The summed E-state index contributed by atoms with van der Waals surface area (Å²) in [5.74, 6) is -0.835. The Morgan fingerprint density at radius 1 is 1.21 bits per heavy atom. The number of ketones is 1. The van der Waals surface area contributed by atoms with Gasteiger partial charge in [-0.3, -0.25) is 13.9 Å². The molecular weight excluding hydrogens is 330 g/mol. The van der Waals surface area contributed by atoms with Crippen molar-refractivity contribution in [3.63, 3.8) is 0 Å². The van der Waals surface area contributed by atoms with E-state index in [1.54, 1.807) is 12.1 Å². The Balaban J connectivity index is 1.93. The van der Waals surface area contributed by atoms with Gasteiger partial charge in [0.25, 0.3) is 0 Å². The molecule has 6 nitrogen and oxygen atoms in total. The second kappa shape index (κ2) is 7.61. The van der Waals surface area contributed by atoms with Crippen molar-refractivity contribution < 1.29 is 22.7 Å². The molecule has 24 heavy (non-hydrogen) atoms. The van der Waals surface area contributed by atoms with Crippen molar-refractivity contribution in [2.45, 2.75) is 19.3 Å². The summed E-state index contributed by atoms with van der Waals surface area (Å²) in [5, 5.41) is 0. The van der Waals surface area contributed by atoms with E-state index in [0.29, 0.717) is 17.7 Å². The van der Waals surface area contributed by atoms with Crippen molar-refractivity contribution in [1.82, 2.24) is 0 Å². The summed E-state index contributed by atoms with van der Waals surface area (Å²) in [6.45, 7) is -0.305. The molecular formula is C17H21NO5S. The third-order valence-electron chi connectivity index (χ3n) is 4.00. The zero-order chi connectivity index (χ0) is 17.7. The molecule has 1 aromatic carbocycles. The lowest BCUT2D eigenvalue weighted by Gasteiger charge is -2.17. The lowest BCUT2D eigenvalue weighted by Crippen LogP contribution is -2.25. The molecule has 0 heterocycles. The fraction of sp³-hybridized carbons (Fsp3) is 0.412. The van der Waals surface area contributed by atoms with Crippen molar-refractivity contribution in [2.24, 2.45) is 5.92 Å². The predicted molar refractivity (Wildman–Crippen MR) is 91.5 cm³/mol. The quantitative estimate of drug-likeness (QED) is 0.446. The van der Waals surface area contributed by atoms with Gasteiger partial charge in [0.2, 0.25) is 10.0 Å². The molecule has 0 N–H and O–H groups in total. The number of allylic oxidation sites excluding steroid dienone is 2. The molecule has 0 saturated carbocycles. The monoisotopic (exact) mass is 351 g/mol. The van der Waals surface area contributed by atoms with Gasteiger partial charge in [-0.2, -0.15) is 0 Å². The van der Waals surface area contributed by atoms with Crippen LogP contribution in [-0.2, 0) is 19.6 Å². The van der Waals surface area contributed by atoms with E-state index in [0.717, 1.165) is 23.4 Å². The number of nitrogens with zero attached hydrogens (tertiary/aromatic N) is 1. The topological polar surface area (TPSA) is 80.8 Å². The molecule has 1 aliphatic rings. The second-order valence-electron chi connectivity index (χ2n) is 5.79. The van der Waals surface area contributed by atoms with Gasteiger partial charge in [-0.1, -0.05) is 12.2 Å². The summed E-state index contributed by atoms with van der Waals surface area (Å²) in [5.41, 5.74) is 0.831. The smallest absolute Gasteiger partial charge is 0.309 e. The first-order valence-corrected chi connectivity index (χ1v) is 9.52. The minimum Gasteiger partial charge on any atom is -0.457 e. The van der Waals surface area contributed by atoms with Gasteiger partial charge in [0.05, 0.1) is 17.9 Å². The number of hydrogen-bond acceptors (Lipinski definition) is 5. The first-order chi connectivity index (χ1) is 11.3. The average Bonchev–Trinajstić information content (AvgIpc) is 2.58. The summed E-state index contributed by atoms with van der Waals surface area (Å²) in [7, 11) is -1.91. The summed E-state index contributed by atoms with van der Waals surface area (Å²) >= 11 is 0. The number of carbonyl (C=O) groups is 2. The van der Waals surface area contributed by atoms with E-state index in [2.05, 4.69) is 0 Å². The molecule has 0 bridgehead atoms. The zero-order valence-electron chi connectivity index (χ0n) is 13.8. The number of Topliss-reactive ketones (excluding diaryl/α,β-unsaturated/α-hetero) is 1. The van der Waals surface area contributed by atoms with Gasteiger partial charge in [0.15, 0.2) is 12.4 Å². The summed E-state index contributed by atoms with van der Waals surface area (Å²) in [6, 6.07) is 6.14. The van der Waals surface area contributed by atoms with E-state index in [1.165, 1.54) is 19.2 Å². The van der Waals surface area contributed by atoms with Crippen LogP contribution in [0.4, 0.5) is 5.69 Å². The molecule has 2 rings (SSSR count). The van der Waals surface area contributed by atoms with Crippen LogP contribution in [0.1, 0.15) is 29.6 Å². The van der Waals surface area contributed by atoms with E-state index in [9.17, 15) is 18.0 Å². The standard InChI is InChI=1S/C17H21NO5S/c1-18(24(2,21)22)15-10-8-13(9-11-15)16(19)12-23-17(20)14-6-4-3-5-7-14/h3-4,8-11,14H,5-7,12H2,1-2H3/t14-/m0/s1. The van der Waals surface area contributed by atoms with Crippen LogP contribution in [0.25, 0.3) is 0 Å². The molecule has 0 aliphatic heterocycles. The van der Waals surface area contributed by atoms with Gasteiger partial charge in [-0.05, 0) is 43.5 Å². The maximum atomic E-state index is 12.1. The van der Waals surface area contributed by atoms with Gasteiger partial charge < -0.3 is 4.74 Å². The fourth-order valence-electron chi connectivity index (χ4n) is 2.39. The van der Waals surface area contributed by atoms with Gasteiger partial charge in [0, 0.05) is 12.6 Å². The molecule has 0 fully saturated rings. The van der Waals surface area contributed by atoms with Crippen LogP contribution in [0.3, 0.4) is 0 Å². The maximum Gasteiger partial charge on any atom is 0.309 e. The van der Waals surface area contributed by atoms with E-state index in [4.69, 9.17) is 4.74 Å². The van der Waals surface area contributed by atoms with Gasteiger partial charge in [0.1, 0.15) is 0 Å². The average molecular weight is 351 g/mol. The number of esters is 1. The number of sulfonamides is 1. The Labute approximate surface area is 142 Å². The first kappa shape index (κ1) is 18.2. The molecule has 0 saturated heterocycles. The van der Waals surface area contributed by atoms with Crippen LogP contribution in [0, 0.1) is 5.92 Å². The van der Waals surface area contributed by atoms with Crippen LogP contribution in [0.15, 0.2) is 36.4 Å². The Hall–Kier alpha value is -2.15. The van der Waals surface area contributed by atoms with Gasteiger partial charge in [-0.25, -0.2) is 8.42 Å². The molecule has 0 spiro atoms. The Bertz CT molecular complexity index is 737. The third kappa shape index (κ3) is 4.67. The molecule has 130 valence electrons. The largest absolute Gasteiger partial charge is 0.457 e. The van der Waals surface area contributed by atoms with Crippen LogP contribution >= 0.6 is 0 Å². The maximum absolute atomic E-state index is 12.1. The molecule has 1 aromatic rings. The van der Waals surface area contributed by atoms with E-state index in [-0.39, 0.29) is 24.3 Å². The summed E-state index contributed by atoms with van der Waals surface area (Å²) in [4.78, 5) is 24.0. The zero-order valence-corrected chi connectivity index (χ0v) is 14.6. The molecule has 0 unspecified atom stereocenters. The number of rotatable bonds is 6. The van der Waals surface area contributed by atoms with Crippen LogP contribution in [0.5, 0.6) is 0 Å². The van der Waals surface area contributed by atoms with Gasteiger partial charge >= 0.3 is 5.97 Å². The van der Waals surface area contributed by atoms with E-state index < -0.39 is 10.0 Å². The fourth-order valence-corrected chi connectivity index (χ4v) is 2.90. The van der Waals surface area contributed by atoms with Crippen molar-refractivity contribution in [1.29, 1.82) is 0 Å². The minimum absolute atomic E-state index is 0.173. The van der Waals surface area contributed by atoms with Crippen LogP contribution < -0.4 is 4.31 Å². The van der Waals surface area contributed by atoms with Gasteiger partial charge in [-0.15, -0.1) is 0 Å². The number of carbonyl (C=O) groups excluding carboxylic acids is 2. The molecule has 0 aromatic heterocycles. The third-order valence-corrected chi connectivity index (χ3v) is 5.20. The highest BCUT2D eigenvalue weighted by Crippen LogP contribution is 2.20. The number of benzene rings is 1. The molecule has 0 radical (unpaired) electrons. The lowest BCUT2D eigenvalue weighted by atomic mass is 9.95. The minimum atomic E-state index is -3.35. The highest BCUT2D eigenvalue weighted by molar-refractivity contribution is 7.92. The lowest BCUT2D eigenvalue weighted by molar-refractivity contribution is -0.147. The molecule has 1 atom stereocenters. The summed E-state index contributed by atoms with van der Waals surface area (Å²) in [6.07, 6.45) is 7.34. The second-order valence-corrected chi connectivity index (χ2v) is 7.80. The Kier molecular flexibility index (Phi) is 5.77. The van der Waals surface area contributed by atoms with E-state index >= 15 is 0 Å². The highest BCUT2D eigenvalue weighted by Gasteiger charge is 2.21. The SMILES string of the molecule is CN(c1ccc(C(=O)COC(=O)[C@H]2CC=CCC2)cc1)S(C)(=O)=O. The van der Waals surface area contributed by atoms with Crippen LogP contribution in [-0.4, -0.2) is 40.1 Å². The Morgan fingerprint density at radius 3 is 2.42 bits per heavy atom. The number of hydrogen-bond donors (Lipinski definition) is 0. The first-order valence-electron chi connectivity index (χ1n) is 7.68. The van der Waals surface area contributed by atoms with Crippen LogP contribution in [0.2, 0.25) is 0 Å². The summed E-state index contributed by atoms with van der Waals surface area (Å²) < 4.78 is 29.2. The van der Waals surface area contributed by atoms with Crippen molar-refractivity contribution >= 4 is 27.5 Å². The van der Waals surface area contributed by atoms with Crippen molar-refractivity contribution in [3.8, 4) is 0 Å².